The van der Waals surface area contributed by atoms with Crippen molar-refractivity contribution in [2.45, 2.75) is 108 Å². The summed E-state index contributed by atoms with van der Waals surface area (Å²) in [6.07, 6.45) is 14.2. The monoisotopic (exact) mass is 348 g/mol. The van der Waals surface area contributed by atoms with Crippen molar-refractivity contribution in [3.8, 4) is 0 Å². The maximum absolute atomic E-state index is 10.6. The van der Waals surface area contributed by atoms with Crippen LogP contribution in [0.4, 0.5) is 0 Å². The first-order valence-electron chi connectivity index (χ1n) is 9.38. The van der Waals surface area contributed by atoms with E-state index in [9.17, 15) is 15.0 Å². The van der Waals surface area contributed by atoms with Gasteiger partial charge < -0.3 is 25.5 Å². The molecule has 0 fully saturated rings. The highest BCUT2D eigenvalue weighted by Gasteiger charge is 2.53. The Kier molecular flexibility index (Phi) is 12.3. The van der Waals surface area contributed by atoms with E-state index in [0.717, 1.165) is 19.3 Å². The van der Waals surface area contributed by atoms with Gasteiger partial charge in [-0.25, -0.2) is 4.79 Å². The van der Waals surface area contributed by atoms with E-state index in [1.54, 1.807) is 0 Å². The van der Waals surface area contributed by atoms with Gasteiger partial charge in [0.1, 0.15) is 0 Å². The number of carbonyl (C=O) groups is 1. The van der Waals surface area contributed by atoms with Gasteiger partial charge in [0.15, 0.2) is 0 Å². The summed E-state index contributed by atoms with van der Waals surface area (Å²) in [7, 11) is 0. The van der Waals surface area contributed by atoms with E-state index in [-0.39, 0.29) is 6.42 Å². The van der Waals surface area contributed by atoms with Crippen LogP contribution in [0.15, 0.2) is 0 Å². The van der Waals surface area contributed by atoms with Crippen molar-refractivity contribution >= 4 is 5.97 Å². The molecule has 0 saturated heterocycles. The zero-order valence-electron chi connectivity index (χ0n) is 15.0. The predicted molar refractivity (Wildman–Crippen MR) is 92.3 cm³/mol. The number of carboxylic acid groups (broad SMARTS) is 1. The summed E-state index contributed by atoms with van der Waals surface area (Å²) in [6.45, 7) is 2.22. The summed E-state index contributed by atoms with van der Waals surface area (Å²) >= 11 is 0. The molecular formula is C18H36O6. The van der Waals surface area contributed by atoms with Gasteiger partial charge in [-0.1, -0.05) is 84.0 Å². The number of unbranched alkanes of at least 4 members (excludes halogenated alkanes) is 12. The Morgan fingerprint density at radius 1 is 0.667 bits per heavy atom. The molecule has 0 spiro atoms. The standard InChI is InChI=1S/C18H36O6/c1-2-3-4-5-6-7-8-9-10-11-12-13-14-15-17(21,22)18(23,24)16(19)20/h21-24H,2-15H2,1H3,(H,19,20). The van der Waals surface area contributed by atoms with Crippen LogP contribution < -0.4 is 0 Å². The molecule has 6 nitrogen and oxygen atoms in total. The molecule has 0 aromatic rings. The lowest BCUT2D eigenvalue weighted by Gasteiger charge is -2.31. The average Bonchev–Trinajstić information content (AvgIpc) is 2.51. The topological polar surface area (TPSA) is 118 Å². The van der Waals surface area contributed by atoms with Crippen molar-refractivity contribution in [1.82, 2.24) is 0 Å². The minimum Gasteiger partial charge on any atom is -0.477 e. The van der Waals surface area contributed by atoms with Crippen LogP contribution in [0.5, 0.6) is 0 Å². The second-order valence-corrected chi connectivity index (χ2v) is 6.79. The highest BCUT2D eigenvalue weighted by Crippen LogP contribution is 2.24. The van der Waals surface area contributed by atoms with Gasteiger partial charge in [-0.2, -0.15) is 0 Å². The van der Waals surface area contributed by atoms with E-state index in [1.165, 1.54) is 51.4 Å². The number of aliphatic hydroxyl groups is 4. The number of rotatable bonds is 16. The molecule has 144 valence electrons. The van der Waals surface area contributed by atoms with Crippen LogP contribution in [0, 0.1) is 0 Å². The van der Waals surface area contributed by atoms with Crippen molar-refractivity contribution in [3.05, 3.63) is 0 Å². The van der Waals surface area contributed by atoms with E-state index in [1.807, 2.05) is 0 Å². The zero-order valence-corrected chi connectivity index (χ0v) is 15.0. The second-order valence-electron chi connectivity index (χ2n) is 6.79. The highest BCUT2D eigenvalue weighted by atomic mass is 16.6. The van der Waals surface area contributed by atoms with Crippen LogP contribution >= 0.6 is 0 Å². The molecule has 0 aromatic carbocycles. The molecular weight excluding hydrogens is 312 g/mol. The van der Waals surface area contributed by atoms with E-state index < -0.39 is 17.5 Å². The molecule has 0 aliphatic rings. The van der Waals surface area contributed by atoms with Crippen LogP contribution in [0.1, 0.15) is 96.8 Å². The molecule has 0 heterocycles. The lowest BCUT2D eigenvalue weighted by molar-refractivity contribution is -0.346. The number of hydrogen-bond acceptors (Lipinski definition) is 5. The molecule has 0 atom stereocenters. The molecule has 0 unspecified atom stereocenters. The van der Waals surface area contributed by atoms with E-state index in [0.29, 0.717) is 12.8 Å². The summed E-state index contributed by atoms with van der Waals surface area (Å²) in [6, 6.07) is 0. The van der Waals surface area contributed by atoms with Crippen LogP contribution in [0.2, 0.25) is 0 Å². The molecule has 0 aromatic heterocycles. The van der Waals surface area contributed by atoms with E-state index >= 15 is 0 Å². The number of carboxylic acids is 1. The van der Waals surface area contributed by atoms with Gasteiger partial charge in [-0.05, 0) is 6.42 Å². The Labute approximate surface area is 145 Å². The van der Waals surface area contributed by atoms with Crippen molar-refractivity contribution in [1.29, 1.82) is 0 Å². The predicted octanol–water partition coefficient (Wildman–Crippen LogP) is 2.91. The molecule has 0 radical (unpaired) electrons. The number of hydrogen-bond donors (Lipinski definition) is 5. The van der Waals surface area contributed by atoms with Gasteiger partial charge in [0, 0.05) is 6.42 Å². The third-order valence-corrected chi connectivity index (χ3v) is 4.49. The van der Waals surface area contributed by atoms with Crippen LogP contribution in [-0.4, -0.2) is 43.1 Å². The van der Waals surface area contributed by atoms with Gasteiger partial charge in [-0.15, -0.1) is 0 Å². The van der Waals surface area contributed by atoms with Gasteiger partial charge in [0.2, 0.25) is 5.79 Å². The third kappa shape index (κ3) is 9.57. The molecule has 0 bridgehead atoms. The summed E-state index contributed by atoms with van der Waals surface area (Å²) in [5.74, 6) is -8.64. The first kappa shape index (κ1) is 23.3. The number of aliphatic carboxylic acids is 1. The molecule has 0 rings (SSSR count). The van der Waals surface area contributed by atoms with Crippen molar-refractivity contribution in [2.24, 2.45) is 0 Å². The van der Waals surface area contributed by atoms with Crippen LogP contribution in [0.25, 0.3) is 0 Å². The van der Waals surface area contributed by atoms with Crippen molar-refractivity contribution in [2.75, 3.05) is 0 Å². The van der Waals surface area contributed by atoms with E-state index in [2.05, 4.69) is 6.92 Å². The smallest absolute Gasteiger partial charge is 0.370 e. The molecule has 0 aliphatic heterocycles. The molecule has 24 heavy (non-hydrogen) atoms. The Morgan fingerprint density at radius 2 is 1.00 bits per heavy atom. The molecule has 6 heteroatoms. The second kappa shape index (κ2) is 12.6. The van der Waals surface area contributed by atoms with Crippen molar-refractivity contribution < 1.29 is 30.3 Å². The lowest BCUT2D eigenvalue weighted by atomic mass is 9.98. The Bertz CT molecular complexity index is 327. The SMILES string of the molecule is CCCCCCCCCCCCCCCC(O)(O)C(O)(O)C(=O)O. The zero-order chi connectivity index (χ0) is 18.5. The highest BCUT2D eigenvalue weighted by molar-refractivity contribution is 5.76. The maximum atomic E-state index is 10.6. The quantitative estimate of drug-likeness (QED) is 0.216. The fourth-order valence-electron chi connectivity index (χ4n) is 2.73. The maximum Gasteiger partial charge on any atom is 0.370 e. The third-order valence-electron chi connectivity index (χ3n) is 4.49. The summed E-state index contributed by atoms with van der Waals surface area (Å²) in [4.78, 5) is 10.6. The average molecular weight is 348 g/mol. The normalized spacial score (nSPS) is 12.5. The fraction of sp³-hybridized carbons (Fsp3) is 0.944. The summed E-state index contributed by atoms with van der Waals surface area (Å²) < 4.78 is 0. The van der Waals surface area contributed by atoms with Crippen molar-refractivity contribution in [3.63, 3.8) is 0 Å². The Hall–Kier alpha value is -0.690. The molecule has 0 amide bonds. The minimum absolute atomic E-state index is 0.334. The Morgan fingerprint density at radius 3 is 1.33 bits per heavy atom. The van der Waals surface area contributed by atoms with Crippen LogP contribution in [0.3, 0.4) is 0 Å². The fourth-order valence-corrected chi connectivity index (χ4v) is 2.73. The Balaban J connectivity index is 3.50. The van der Waals surface area contributed by atoms with Gasteiger partial charge >= 0.3 is 11.8 Å². The summed E-state index contributed by atoms with van der Waals surface area (Å²) in [5.41, 5.74) is 0. The lowest BCUT2D eigenvalue weighted by Crippen LogP contribution is -2.59. The summed E-state index contributed by atoms with van der Waals surface area (Å²) in [5, 5.41) is 45.8. The van der Waals surface area contributed by atoms with Gasteiger partial charge in [0.05, 0.1) is 0 Å². The first-order chi connectivity index (χ1) is 11.3. The molecule has 0 saturated carbocycles. The largest absolute Gasteiger partial charge is 0.477 e. The molecule has 0 aliphatic carbocycles. The van der Waals surface area contributed by atoms with E-state index in [4.69, 9.17) is 15.3 Å². The first-order valence-corrected chi connectivity index (χ1v) is 9.38. The van der Waals surface area contributed by atoms with Gasteiger partial charge in [-0.3, -0.25) is 0 Å². The molecule has 5 N–H and O–H groups in total. The minimum atomic E-state index is -3.54. The van der Waals surface area contributed by atoms with Gasteiger partial charge in [0.25, 0.3) is 0 Å². The van der Waals surface area contributed by atoms with Crippen LogP contribution in [-0.2, 0) is 4.79 Å².